The van der Waals surface area contributed by atoms with E-state index in [2.05, 4.69) is 5.32 Å². The van der Waals surface area contributed by atoms with Crippen LogP contribution in [-0.2, 0) is 0 Å². The monoisotopic (exact) mass is 274 g/mol. The van der Waals surface area contributed by atoms with E-state index in [1.165, 1.54) is 6.07 Å². The summed E-state index contributed by atoms with van der Waals surface area (Å²) in [5.41, 5.74) is 6.78. The van der Waals surface area contributed by atoms with E-state index in [4.69, 9.17) is 11.0 Å². The molecule has 0 aromatic heterocycles. The molecule has 0 spiro atoms. The number of rotatable bonds is 3. The topological polar surface area (TPSA) is 105 Å². The van der Waals surface area contributed by atoms with Crippen LogP contribution in [-0.4, -0.2) is 17.0 Å². The highest BCUT2D eigenvalue weighted by Crippen LogP contribution is 2.28. The summed E-state index contributed by atoms with van der Waals surface area (Å²) in [7, 11) is 0. The van der Waals surface area contributed by atoms with Crippen molar-refractivity contribution in [3.05, 3.63) is 33.9 Å². The molecule has 6 nitrogen and oxygen atoms in total. The van der Waals surface area contributed by atoms with E-state index in [9.17, 15) is 10.1 Å². The van der Waals surface area contributed by atoms with Gasteiger partial charge in [0.1, 0.15) is 5.69 Å². The fraction of sp³-hybridized carbons (Fsp3) is 0.500. The van der Waals surface area contributed by atoms with E-state index >= 15 is 0 Å². The Hall–Kier alpha value is -2.13. The molecule has 20 heavy (non-hydrogen) atoms. The second-order valence-electron chi connectivity index (χ2n) is 5.15. The summed E-state index contributed by atoms with van der Waals surface area (Å²) in [6, 6.07) is 6.44. The summed E-state index contributed by atoms with van der Waals surface area (Å²) < 4.78 is 0. The minimum Gasteiger partial charge on any atom is -0.375 e. The Morgan fingerprint density at radius 3 is 2.80 bits per heavy atom. The second-order valence-corrected chi connectivity index (χ2v) is 5.15. The van der Waals surface area contributed by atoms with Crippen LogP contribution in [0.3, 0.4) is 0 Å². The fourth-order valence-corrected chi connectivity index (χ4v) is 2.59. The minimum absolute atomic E-state index is 0.00717. The number of nitrogens with one attached hydrogen (secondary N) is 1. The molecule has 1 aromatic carbocycles. The molecule has 1 aliphatic carbocycles. The zero-order chi connectivity index (χ0) is 14.5. The highest BCUT2D eigenvalue weighted by molar-refractivity contribution is 5.64. The molecule has 106 valence electrons. The quantitative estimate of drug-likeness (QED) is 0.500. The number of nitro benzene ring substituents is 1. The molecular formula is C14H18N4O2. The SMILES string of the molecule is N#Cc1ccc(NC2CCCCCC2N)c([N+](=O)[O-])c1. The first-order valence-corrected chi connectivity index (χ1v) is 6.82. The number of benzene rings is 1. The molecule has 0 radical (unpaired) electrons. The van der Waals surface area contributed by atoms with Crippen LogP contribution in [0.1, 0.15) is 37.7 Å². The Balaban J connectivity index is 2.23. The third-order valence-electron chi connectivity index (χ3n) is 3.73. The summed E-state index contributed by atoms with van der Waals surface area (Å²) in [5, 5.41) is 23.1. The van der Waals surface area contributed by atoms with Crippen molar-refractivity contribution in [1.29, 1.82) is 5.26 Å². The van der Waals surface area contributed by atoms with Gasteiger partial charge < -0.3 is 11.1 Å². The van der Waals surface area contributed by atoms with Gasteiger partial charge in [0.05, 0.1) is 16.6 Å². The average Bonchev–Trinajstić information content (AvgIpc) is 2.64. The molecule has 2 unspecified atom stereocenters. The van der Waals surface area contributed by atoms with Crippen molar-refractivity contribution in [3.63, 3.8) is 0 Å². The minimum atomic E-state index is -0.467. The summed E-state index contributed by atoms with van der Waals surface area (Å²) in [4.78, 5) is 10.6. The maximum Gasteiger partial charge on any atom is 0.293 e. The molecule has 0 aliphatic heterocycles. The molecule has 0 amide bonds. The Bertz CT molecular complexity index is 538. The van der Waals surface area contributed by atoms with E-state index < -0.39 is 4.92 Å². The molecule has 0 heterocycles. The lowest BCUT2D eigenvalue weighted by atomic mass is 10.0. The van der Waals surface area contributed by atoms with Crippen molar-refractivity contribution in [2.24, 2.45) is 5.73 Å². The second kappa shape index (κ2) is 6.35. The predicted octanol–water partition coefficient (Wildman–Crippen LogP) is 2.54. The molecule has 6 heteroatoms. The van der Waals surface area contributed by atoms with Gasteiger partial charge in [0.15, 0.2) is 0 Å². The zero-order valence-corrected chi connectivity index (χ0v) is 11.2. The summed E-state index contributed by atoms with van der Waals surface area (Å²) in [5.74, 6) is 0. The highest BCUT2D eigenvalue weighted by Gasteiger charge is 2.23. The van der Waals surface area contributed by atoms with E-state index in [1.807, 2.05) is 6.07 Å². The molecule has 0 bridgehead atoms. The number of nitrogens with two attached hydrogens (primary N) is 1. The van der Waals surface area contributed by atoms with Crippen LogP contribution in [0.15, 0.2) is 18.2 Å². The van der Waals surface area contributed by atoms with Crippen LogP contribution in [0.25, 0.3) is 0 Å². The van der Waals surface area contributed by atoms with Gasteiger partial charge in [-0.25, -0.2) is 0 Å². The van der Waals surface area contributed by atoms with Gasteiger partial charge in [-0.3, -0.25) is 10.1 Å². The van der Waals surface area contributed by atoms with Gasteiger partial charge >= 0.3 is 0 Å². The maximum absolute atomic E-state index is 11.1. The highest BCUT2D eigenvalue weighted by atomic mass is 16.6. The lowest BCUT2D eigenvalue weighted by molar-refractivity contribution is -0.384. The number of nitriles is 1. The van der Waals surface area contributed by atoms with E-state index in [0.717, 1.165) is 32.1 Å². The molecule has 1 saturated carbocycles. The first-order chi connectivity index (χ1) is 9.61. The van der Waals surface area contributed by atoms with Gasteiger partial charge in [0, 0.05) is 18.2 Å². The standard InChI is InChI=1S/C14H18N4O2/c15-9-10-6-7-13(14(8-10)18(19)20)17-12-5-3-1-2-4-11(12)16/h6-8,11-12,17H,1-5,16H2. The van der Waals surface area contributed by atoms with Crippen molar-refractivity contribution in [1.82, 2.24) is 0 Å². The van der Waals surface area contributed by atoms with E-state index in [0.29, 0.717) is 5.69 Å². The number of nitrogens with zero attached hydrogens (tertiary/aromatic N) is 2. The van der Waals surface area contributed by atoms with E-state index in [1.54, 1.807) is 12.1 Å². The molecule has 0 saturated heterocycles. The molecular weight excluding hydrogens is 256 g/mol. The van der Waals surface area contributed by atoms with Crippen molar-refractivity contribution >= 4 is 11.4 Å². The van der Waals surface area contributed by atoms with Crippen LogP contribution in [0.2, 0.25) is 0 Å². The number of nitro groups is 1. The van der Waals surface area contributed by atoms with Crippen molar-refractivity contribution in [3.8, 4) is 6.07 Å². The summed E-state index contributed by atoms with van der Waals surface area (Å²) in [6.07, 6.45) is 5.19. The first kappa shape index (κ1) is 14.3. The van der Waals surface area contributed by atoms with Crippen LogP contribution in [0.5, 0.6) is 0 Å². The number of anilines is 1. The molecule has 1 aromatic rings. The lowest BCUT2D eigenvalue weighted by Crippen LogP contribution is -2.39. The molecule has 1 fully saturated rings. The van der Waals surface area contributed by atoms with E-state index in [-0.39, 0.29) is 23.3 Å². The van der Waals surface area contributed by atoms with Gasteiger partial charge in [-0.2, -0.15) is 5.26 Å². The molecule has 3 N–H and O–H groups in total. The average molecular weight is 274 g/mol. The summed E-state index contributed by atoms with van der Waals surface area (Å²) >= 11 is 0. The van der Waals surface area contributed by atoms with Crippen LogP contribution in [0, 0.1) is 21.4 Å². The molecule has 2 atom stereocenters. The largest absolute Gasteiger partial charge is 0.375 e. The van der Waals surface area contributed by atoms with Gasteiger partial charge in [-0.1, -0.05) is 19.3 Å². The predicted molar refractivity (Wildman–Crippen MR) is 76.3 cm³/mol. The smallest absolute Gasteiger partial charge is 0.293 e. The number of hydrogen-bond acceptors (Lipinski definition) is 5. The van der Waals surface area contributed by atoms with Gasteiger partial charge in [-0.15, -0.1) is 0 Å². The molecule has 2 rings (SSSR count). The third kappa shape index (κ3) is 3.25. The van der Waals surface area contributed by atoms with Crippen LogP contribution < -0.4 is 11.1 Å². The third-order valence-corrected chi connectivity index (χ3v) is 3.73. The molecule has 1 aliphatic rings. The van der Waals surface area contributed by atoms with Crippen LogP contribution >= 0.6 is 0 Å². The Morgan fingerprint density at radius 1 is 1.35 bits per heavy atom. The van der Waals surface area contributed by atoms with Gasteiger partial charge in [0.2, 0.25) is 0 Å². The fourth-order valence-electron chi connectivity index (χ4n) is 2.59. The zero-order valence-electron chi connectivity index (χ0n) is 11.2. The maximum atomic E-state index is 11.1. The first-order valence-electron chi connectivity index (χ1n) is 6.82. The Labute approximate surface area is 117 Å². The van der Waals surface area contributed by atoms with Gasteiger partial charge in [-0.05, 0) is 25.0 Å². The summed E-state index contributed by atoms with van der Waals surface area (Å²) in [6.45, 7) is 0. The van der Waals surface area contributed by atoms with Crippen molar-refractivity contribution < 1.29 is 4.92 Å². The lowest BCUT2D eigenvalue weighted by Gasteiger charge is -2.23. The van der Waals surface area contributed by atoms with Gasteiger partial charge in [0.25, 0.3) is 5.69 Å². The van der Waals surface area contributed by atoms with Crippen molar-refractivity contribution in [2.45, 2.75) is 44.2 Å². The number of hydrogen-bond donors (Lipinski definition) is 2. The normalized spacial score (nSPS) is 22.6. The Morgan fingerprint density at radius 2 is 2.10 bits per heavy atom. The van der Waals surface area contributed by atoms with Crippen molar-refractivity contribution in [2.75, 3.05) is 5.32 Å². The van der Waals surface area contributed by atoms with Crippen LogP contribution in [0.4, 0.5) is 11.4 Å². The Kier molecular flexibility index (Phi) is 4.53.